The number of amidine groups is 1. The molecule has 0 radical (unpaired) electrons. The second-order valence-electron chi connectivity index (χ2n) is 6.70. The predicted molar refractivity (Wildman–Crippen MR) is 115 cm³/mol. The van der Waals surface area contributed by atoms with Crippen LogP contribution in [0.4, 0.5) is 21.5 Å². The molecule has 2 heterocycles. The van der Waals surface area contributed by atoms with Gasteiger partial charge in [0, 0.05) is 36.5 Å². The van der Waals surface area contributed by atoms with Gasteiger partial charge in [-0.3, -0.25) is 30.2 Å². The Morgan fingerprint density at radius 2 is 1.55 bits per heavy atom. The first-order valence-corrected chi connectivity index (χ1v) is 9.56. The van der Waals surface area contributed by atoms with Gasteiger partial charge in [-0.25, -0.2) is 19.6 Å². The van der Waals surface area contributed by atoms with Crippen LogP contribution < -0.4 is 32.8 Å². The van der Waals surface area contributed by atoms with E-state index in [1.165, 1.54) is 12.1 Å². The van der Waals surface area contributed by atoms with Crippen molar-refractivity contribution in [3.05, 3.63) is 44.2 Å². The molecule has 0 aliphatic carbocycles. The van der Waals surface area contributed by atoms with Crippen LogP contribution in [0.5, 0.6) is 0 Å². The first-order chi connectivity index (χ1) is 14.7. The minimum atomic E-state index is -0.729. The van der Waals surface area contributed by atoms with Crippen molar-refractivity contribution in [1.29, 1.82) is 0 Å². The van der Waals surface area contributed by atoms with Crippen LogP contribution >= 0.6 is 0 Å². The van der Waals surface area contributed by atoms with E-state index < -0.39 is 12.1 Å². The molecule has 0 bridgehead atoms. The highest BCUT2D eigenvalue weighted by Gasteiger charge is 2.06. The maximum atomic E-state index is 11.8. The van der Waals surface area contributed by atoms with Gasteiger partial charge in [-0.05, 0) is 26.7 Å². The molecule has 0 saturated carbocycles. The Labute approximate surface area is 177 Å². The number of aromatic amines is 2. The summed E-state index contributed by atoms with van der Waals surface area (Å²) in [6, 6.07) is 1.41. The number of nitrogens with zero attached hydrogens (tertiary/aromatic N) is 3. The van der Waals surface area contributed by atoms with Gasteiger partial charge in [0.05, 0.1) is 0 Å². The summed E-state index contributed by atoms with van der Waals surface area (Å²) < 4.78 is 0. The number of nitrogens with two attached hydrogens (primary N) is 1. The Hall–Kier alpha value is -4.03. The van der Waals surface area contributed by atoms with Gasteiger partial charge in [0.25, 0.3) is 11.1 Å². The number of carbonyl (C=O) groups is 2. The average molecular weight is 431 g/mol. The Morgan fingerprint density at radius 3 is 2.13 bits per heavy atom. The van der Waals surface area contributed by atoms with Gasteiger partial charge in [-0.15, -0.1) is 0 Å². The number of rotatable bonds is 8. The van der Waals surface area contributed by atoms with Gasteiger partial charge in [-0.1, -0.05) is 6.42 Å². The van der Waals surface area contributed by atoms with E-state index in [0.717, 1.165) is 6.42 Å². The monoisotopic (exact) mass is 431 g/mol. The molecule has 4 amide bonds. The number of aliphatic imine (C=N–C) groups is 1. The third-order valence-corrected chi connectivity index (χ3v) is 3.84. The number of nitrogens with one attached hydrogen (secondary N) is 5. The topological polar surface area (TPSA) is 200 Å². The Bertz CT molecular complexity index is 1070. The van der Waals surface area contributed by atoms with E-state index in [-0.39, 0.29) is 28.9 Å². The van der Waals surface area contributed by atoms with Crippen molar-refractivity contribution >= 4 is 29.8 Å². The smallest absolute Gasteiger partial charge is 0.349 e. The largest absolute Gasteiger partial charge is 0.387 e. The molecule has 0 aromatic carbocycles. The Morgan fingerprint density at radius 1 is 0.968 bits per heavy atom. The highest BCUT2D eigenvalue weighted by molar-refractivity contribution is 5.98. The number of anilines is 2. The lowest BCUT2D eigenvalue weighted by Gasteiger charge is -2.07. The van der Waals surface area contributed by atoms with Crippen molar-refractivity contribution in [2.24, 2.45) is 10.7 Å². The lowest BCUT2D eigenvalue weighted by atomic mass is 10.2. The number of unbranched alkanes of at least 4 members (excludes halogenated alkanes) is 2. The summed E-state index contributed by atoms with van der Waals surface area (Å²) >= 11 is 0. The molecule has 31 heavy (non-hydrogen) atoms. The van der Waals surface area contributed by atoms with E-state index >= 15 is 0 Å². The SMILES string of the molecule is Cc1cc(=O)[nH]c(NC(=O)N=C(N)CCCCCNC(=O)Nc2nc(C)cc(=O)[nH]2)n1. The number of hydrogen-bond donors (Lipinski definition) is 6. The van der Waals surface area contributed by atoms with Crippen LogP contribution in [0.25, 0.3) is 0 Å². The van der Waals surface area contributed by atoms with Gasteiger partial charge in [0.1, 0.15) is 5.84 Å². The number of aryl methyl sites for hydroxylation is 2. The summed E-state index contributed by atoms with van der Waals surface area (Å²) in [5.41, 5.74) is 5.97. The maximum Gasteiger partial charge on any atom is 0.349 e. The van der Waals surface area contributed by atoms with Gasteiger partial charge < -0.3 is 11.1 Å². The first kappa shape index (κ1) is 23.3. The van der Waals surface area contributed by atoms with Gasteiger partial charge in [-0.2, -0.15) is 4.99 Å². The van der Waals surface area contributed by atoms with Gasteiger partial charge in [0.15, 0.2) is 0 Å². The molecular weight excluding hydrogens is 406 g/mol. The molecule has 2 aromatic rings. The quantitative estimate of drug-likeness (QED) is 0.201. The van der Waals surface area contributed by atoms with E-state index in [1.807, 2.05) is 0 Å². The lowest BCUT2D eigenvalue weighted by Crippen LogP contribution is -2.31. The molecule has 0 aliphatic heterocycles. The normalized spacial score (nSPS) is 11.1. The molecule has 13 heteroatoms. The van der Waals surface area contributed by atoms with Crippen LogP contribution in [0, 0.1) is 13.8 Å². The zero-order chi connectivity index (χ0) is 22.8. The highest BCUT2D eigenvalue weighted by atomic mass is 16.2. The molecule has 7 N–H and O–H groups in total. The molecule has 2 rings (SSSR count). The minimum absolute atomic E-state index is 0.000778. The third kappa shape index (κ3) is 8.89. The van der Waals surface area contributed by atoms with Crippen LogP contribution in [0.1, 0.15) is 37.1 Å². The highest BCUT2D eigenvalue weighted by Crippen LogP contribution is 2.01. The summed E-state index contributed by atoms with van der Waals surface area (Å²) in [5, 5.41) is 7.46. The molecular formula is C18H25N9O4. The van der Waals surface area contributed by atoms with Gasteiger partial charge >= 0.3 is 12.1 Å². The molecule has 0 spiro atoms. The van der Waals surface area contributed by atoms with Gasteiger partial charge in [0.2, 0.25) is 11.9 Å². The van der Waals surface area contributed by atoms with E-state index in [1.54, 1.807) is 13.8 Å². The van der Waals surface area contributed by atoms with E-state index in [0.29, 0.717) is 37.2 Å². The average Bonchev–Trinajstić information content (AvgIpc) is 2.62. The number of carbonyl (C=O) groups excluding carboxylic acids is 2. The summed E-state index contributed by atoms with van der Waals surface area (Å²) in [7, 11) is 0. The first-order valence-electron chi connectivity index (χ1n) is 9.56. The fourth-order valence-corrected chi connectivity index (χ4v) is 2.55. The second-order valence-corrected chi connectivity index (χ2v) is 6.70. The zero-order valence-corrected chi connectivity index (χ0v) is 17.2. The summed E-state index contributed by atoms with van der Waals surface area (Å²) in [6.07, 6.45) is 2.48. The Balaban J connectivity index is 1.64. The molecule has 0 fully saturated rings. The van der Waals surface area contributed by atoms with Crippen LogP contribution in [-0.2, 0) is 0 Å². The fourth-order valence-electron chi connectivity index (χ4n) is 2.55. The van der Waals surface area contributed by atoms with Crippen molar-refractivity contribution < 1.29 is 9.59 Å². The number of urea groups is 2. The predicted octanol–water partition coefficient (Wildman–Crippen LogP) is 0.741. The fraction of sp³-hybridized carbons (Fsp3) is 0.389. The number of H-pyrrole nitrogens is 2. The van der Waals surface area contributed by atoms with Crippen LogP contribution in [0.2, 0.25) is 0 Å². The molecule has 13 nitrogen and oxygen atoms in total. The standard InChI is InChI=1S/C18H25N9O4/c1-10-8-13(28)24-15(21-10)26-17(30)20-7-5-3-4-6-12(19)23-18(31)27-16-22-11(2)9-14(29)25-16/h8-9H,3-7H2,1-2H3,(H3,20,21,24,26,28,30)(H4,19,22,23,25,27,29,31). The van der Waals surface area contributed by atoms with Crippen molar-refractivity contribution in [3.63, 3.8) is 0 Å². The van der Waals surface area contributed by atoms with E-state index in [2.05, 4.69) is 40.9 Å². The summed E-state index contributed by atoms with van der Waals surface area (Å²) in [6.45, 7) is 3.68. The Kier molecular flexibility index (Phi) is 8.42. The van der Waals surface area contributed by atoms with Crippen LogP contribution in [0.15, 0.2) is 26.7 Å². The van der Waals surface area contributed by atoms with Crippen LogP contribution in [0.3, 0.4) is 0 Å². The number of aromatic nitrogens is 4. The molecule has 166 valence electrons. The third-order valence-electron chi connectivity index (χ3n) is 3.84. The van der Waals surface area contributed by atoms with Crippen molar-refractivity contribution in [3.8, 4) is 0 Å². The second kappa shape index (κ2) is 11.2. The number of hydrogen-bond acceptors (Lipinski definition) is 6. The summed E-state index contributed by atoms with van der Waals surface area (Å²) in [5.74, 6) is 0.225. The molecule has 0 unspecified atom stereocenters. The van der Waals surface area contributed by atoms with E-state index in [4.69, 9.17) is 5.73 Å². The van der Waals surface area contributed by atoms with E-state index in [9.17, 15) is 19.2 Å². The maximum absolute atomic E-state index is 11.8. The van der Waals surface area contributed by atoms with Crippen LogP contribution in [-0.4, -0.2) is 44.4 Å². The molecule has 0 aliphatic rings. The lowest BCUT2D eigenvalue weighted by molar-refractivity contribution is 0.251. The molecule has 0 atom stereocenters. The molecule has 2 aromatic heterocycles. The molecule has 0 saturated heterocycles. The van der Waals surface area contributed by atoms with Crippen molar-refractivity contribution in [1.82, 2.24) is 25.3 Å². The summed E-state index contributed by atoms with van der Waals surface area (Å²) in [4.78, 5) is 62.8. The van der Waals surface area contributed by atoms with Crippen molar-refractivity contribution in [2.45, 2.75) is 39.5 Å². The number of amides is 4. The minimum Gasteiger partial charge on any atom is -0.387 e. The zero-order valence-electron chi connectivity index (χ0n) is 17.2. The van der Waals surface area contributed by atoms with Crippen molar-refractivity contribution in [2.75, 3.05) is 17.2 Å².